The van der Waals surface area contributed by atoms with E-state index in [2.05, 4.69) is 6.58 Å². The molecule has 3 rings (SSSR count). The topological polar surface area (TPSA) is 71.3 Å². The fourth-order valence-electron chi connectivity index (χ4n) is 3.47. The lowest BCUT2D eigenvalue weighted by atomic mass is 9.95. The Labute approximate surface area is 180 Å². The number of ether oxygens (including phenoxy) is 1. The fraction of sp³-hybridized carbons (Fsp3) is 0.250. The van der Waals surface area contributed by atoms with Crippen LogP contribution in [0.25, 0.3) is 5.76 Å². The molecule has 1 saturated heterocycles. The van der Waals surface area contributed by atoms with E-state index in [1.165, 1.54) is 29.2 Å². The quantitative estimate of drug-likeness (QED) is 0.294. The van der Waals surface area contributed by atoms with Crippen molar-refractivity contribution in [1.82, 2.24) is 4.90 Å². The second kappa shape index (κ2) is 9.57. The van der Waals surface area contributed by atoms with Crippen molar-refractivity contribution in [3.8, 4) is 5.75 Å². The van der Waals surface area contributed by atoms with Gasteiger partial charge in [-0.2, -0.15) is 0 Å². The highest BCUT2D eigenvalue weighted by Crippen LogP contribution is 2.39. The first kappa shape index (κ1) is 22.2. The van der Waals surface area contributed by atoms with Crippen LogP contribution in [0.2, 0.25) is 0 Å². The number of benzene rings is 2. The Bertz CT molecular complexity index is 997. The molecule has 0 saturated carbocycles. The number of nitrogens with zero attached hydrogens (tertiary/aromatic N) is 1. The number of carbonyl (C=O) groups is 2. The molecule has 1 aliphatic heterocycles. The Hall–Kier alpha value is -3.45. The van der Waals surface area contributed by atoms with Crippen LogP contribution in [0.15, 0.2) is 66.8 Å². The Morgan fingerprint density at radius 3 is 2.39 bits per heavy atom. The van der Waals surface area contributed by atoms with Gasteiger partial charge in [-0.25, -0.2) is 4.39 Å². The average molecular weight is 425 g/mol. The third-order valence-corrected chi connectivity index (χ3v) is 5.07. The van der Waals surface area contributed by atoms with Crippen molar-refractivity contribution < 1.29 is 28.7 Å². The Balaban J connectivity index is 2.07. The summed E-state index contributed by atoms with van der Waals surface area (Å²) in [5.74, 6) is -1.58. The van der Waals surface area contributed by atoms with Gasteiger partial charge in [0.2, 0.25) is 0 Å². The highest BCUT2D eigenvalue weighted by atomic mass is 19.1. The van der Waals surface area contributed by atoms with E-state index in [0.717, 1.165) is 4.90 Å². The molecule has 31 heavy (non-hydrogen) atoms. The molecule has 1 heterocycles. The summed E-state index contributed by atoms with van der Waals surface area (Å²) in [6.07, 6.45) is 1.63. The zero-order chi connectivity index (χ0) is 22.5. The molecule has 1 aliphatic rings. The van der Waals surface area contributed by atoms with Gasteiger partial charge in [0.05, 0.1) is 38.8 Å². The molecule has 0 unspecified atom stereocenters. The highest BCUT2D eigenvalue weighted by molar-refractivity contribution is 6.46. The van der Waals surface area contributed by atoms with Crippen molar-refractivity contribution in [2.75, 3.05) is 33.8 Å². The zero-order valence-corrected chi connectivity index (χ0v) is 17.6. The van der Waals surface area contributed by atoms with Gasteiger partial charge in [-0.1, -0.05) is 24.8 Å². The lowest BCUT2D eigenvalue weighted by molar-refractivity contribution is -0.857. The summed E-state index contributed by atoms with van der Waals surface area (Å²) in [7, 11) is 3.91. The fourth-order valence-corrected chi connectivity index (χ4v) is 3.47. The summed E-state index contributed by atoms with van der Waals surface area (Å²) < 4.78 is 18.8. The molecular weight excluding hydrogens is 399 g/mol. The van der Waals surface area contributed by atoms with Crippen molar-refractivity contribution in [3.63, 3.8) is 0 Å². The van der Waals surface area contributed by atoms with Crippen molar-refractivity contribution in [3.05, 3.63) is 83.7 Å². The first-order valence-electron chi connectivity index (χ1n) is 10.0. The minimum atomic E-state index is -0.757. The summed E-state index contributed by atoms with van der Waals surface area (Å²) >= 11 is 0. The molecule has 0 spiro atoms. The number of quaternary nitrogens is 1. The molecule has 1 amide bonds. The minimum absolute atomic E-state index is 0.00914. The highest BCUT2D eigenvalue weighted by Gasteiger charge is 2.46. The van der Waals surface area contributed by atoms with Crippen LogP contribution in [0.3, 0.4) is 0 Å². The van der Waals surface area contributed by atoms with E-state index in [-0.39, 0.29) is 16.9 Å². The lowest BCUT2D eigenvalue weighted by Gasteiger charge is -2.25. The largest absolute Gasteiger partial charge is 0.507 e. The van der Waals surface area contributed by atoms with E-state index in [9.17, 15) is 19.1 Å². The number of carbonyl (C=O) groups excluding carboxylic acids is 2. The molecule has 0 radical (unpaired) electrons. The minimum Gasteiger partial charge on any atom is -0.507 e. The van der Waals surface area contributed by atoms with Crippen molar-refractivity contribution in [2.24, 2.45) is 0 Å². The van der Waals surface area contributed by atoms with Crippen LogP contribution in [0, 0.1) is 5.82 Å². The van der Waals surface area contributed by atoms with E-state index in [1.807, 2.05) is 14.1 Å². The second-order valence-corrected chi connectivity index (χ2v) is 7.63. The summed E-state index contributed by atoms with van der Waals surface area (Å²) in [4.78, 5) is 28.3. The maximum Gasteiger partial charge on any atom is 0.295 e. The van der Waals surface area contributed by atoms with Crippen LogP contribution in [0.1, 0.15) is 17.2 Å². The number of hydrogen-bond acceptors (Lipinski definition) is 4. The molecule has 162 valence electrons. The number of Topliss-reactive ketones (excluding diaryl/α,β-unsaturated/α-hetero) is 1. The number of rotatable bonds is 8. The summed E-state index contributed by atoms with van der Waals surface area (Å²) in [6.45, 7) is 4.94. The number of ketones is 1. The number of aliphatic hydroxyl groups excluding tert-OH is 1. The predicted octanol–water partition coefficient (Wildman–Crippen LogP) is 1.96. The van der Waals surface area contributed by atoms with Crippen molar-refractivity contribution in [1.29, 1.82) is 0 Å². The number of aliphatic hydroxyl groups is 1. The summed E-state index contributed by atoms with van der Waals surface area (Å²) in [6, 6.07) is 11.4. The predicted molar refractivity (Wildman–Crippen MR) is 115 cm³/mol. The van der Waals surface area contributed by atoms with Crippen molar-refractivity contribution in [2.45, 2.75) is 6.04 Å². The standard InChI is InChI=1S/C24H25FN2O4/c1-4-15-31-19-11-7-16(8-12-19)21-20(22(28)17-5-9-18(25)10-6-17)23(29)24(30)27(21)14-13-26(2)3/h4-12,21,28H,1,13-15H2,2-3H3/p+1/t21-/m0/s1. The smallest absolute Gasteiger partial charge is 0.295 e. The number of amides is 1. The van der Waals surface area contributed by atoms with Crippen LogP contribution in [0.4, 0.5) is 4.39 Å². The van der Waals surface area contributed by atoms with Gasteiger partial charge < -0.3 is 19.6 Å². The first-order valence-corrected chi connectivity index (χ1v) is 10.0. The summed E-state index contributed by atoms with van der Waals surface area (Å²) in [5.41, 5.74) is 0.932. The molecule has 1 fully saturated rings. The Kier molecular flexibility index (Phi) is 6.87. The Morgan fingerprint density at radius 2 is 1.81 bits per heavy atom. The van der Waals surface area contributed by atoms with Crippen LogP contribution in [-0.4, -0.2) is 55.5 Å². The third kappa shape index (κ3) is 4.83. The van der Waals surface area contributed by atoms with Gasteiger partial charge in [-0.05, 0) is 42.0 Å². The number of likely N-dealkylation sites (N-methyl/N-ethyl adjacent to an activating group) is 1. The van der Waals surface area contributed by atoms with Crippen LogP contribution in [0.5, 0.6) is 5.75 Å². The maximum atomic E-state index is 13.3. The first-order chi connectivity index (χ1) is 14.8. The van der Waals surface area contributed by atoms with Gasteiger partial charge in [0.1, 0.15) is 23.9 Å². The van der Waals surface area contributed by atoms with E-state index in [0.29, 0.717) is 31.0 Å². The number of nitrogens with one attached hydrogen (secondary N) is 1. The normalized spacial score (nSPS) is 17.9. The summed E-state index contributed by atoms with van der Waals surface area (Å²) in [5, 5.41) is 10.9. The average Bonchev–Trinajstić information content (AvgIpc) is 3.01. The molecule has 0 bridgehead atoms. The van der Waals surface area contributed by atoms with Gasteiger partial charge in [0.25, 0.3) is 11.7 Å². The Morgan fingerprint density at radius 1 is 1.16 bits per heavy atom. The number of likely N-dealkylation sites (tertiary alicyclic amines) is 1. The lowest BCUT2D eigenvalue weighted by Crippen LogP contribution is -3.06. The van der Waals surface area contributed by atoms with Gasteiger partial charge in [-0.15, -0.1) is 0 Å². The SMILES string of the molecule is C=CCOc1ccc([C@H]2C(=C(O)c3ccc(F)cc3)C(=O)C(=O)N2CC[NH+](C)C)cc1. The van der Waals surface area contributed by atoms with Gasteiger partial charge in [0.15, 0.2) is 0 Å². The van der Waals surface area contributed by atoms with Crippen LogP contribution >= 0.6 is 0 Å². The van der Waals surface area contributed by atoms with Gasteiger partial charge in [0, 0.05) is 5.56 Å². The number of halogens is 1. The van der Waals surface area contributed by atoms with Crippen LogP contribution < -0.4 is 9.64 Å². The maximum absolute atomic E-state index is 13.3. The van der Waals surface area contributed by atoms with Gasteiger partial charge in [-0.3, -0.25) is 9.59 Å². The molecule has 6 nitrogen and oxygen atoms in total. The molecule has 2 N–H and O–H groups in total. The molecule has 0 aromatic heterocycles. The second-order valence-electron chi connectivity index (χ2n) is 7.63. The van der Waals surface area contributed by atoms with E-state index in [4.69, 9.17) is 4.74 Å². The van der Waals surface area contributed by atoms with E-state index in [1.54, 1.807) is 30.3 Å². The molecule has 7 heteroatoms. The van der Waals surface area contributed by atoms with Crippen molar-refractivity contribution >= 4 is 17.4 Å². The molecule has 2 aromatic carbocycles. The van der Waals surface area contributed by atoms with Crippen LogP contribution in [-0.2, 0) is 9.59 Å². The molecule has 1 atom stereocenters. The van der Waals surface area contributed by atoms with E-state index < -0.39 is 23.5 Å². The monoisotopic (exact) mass is 425 g/mol. The third-order valence-electron chi connectivity index (χ3n) is 5.07. The van der Waals surface area contributed by atoms with E-state index >= 15 is 0 Å². The number of hydrogen-bond donors (Lipinski definition) is 2. The van der Waals surface area contributed by atoms with Gasteiger partial charge >= 0.3 is 0 Å². The zero-order valence-electron chi connectivity index (χ0n) is 17.6. The molecular formula is C24H26FN2O4+. The molecule has 0 aliphatic carbocycles. The molecule has 2 aromatic rings.